The molecule has 4 nitrogen and oxygen atoms in total. The van der Waals surface area contributed by atoms with Gasteiger partial charge in [0.15, 0.2) is 5.78 Å². The van der Waals surface area contributed by atoms with Crippen molar-refractivity contribution < 1.29 is 9.59 Å². The lowest BCUT2D eigenvalue weighted by Gasteiger charge is -2.22. The third-order valence-corrected chi connectivity index (χ3v) is 3.33. The van der Waals surface area contributed by atoms with Crippen LogP contribution in [-0.4, -0.2) is 11.7 Å². The Hall–Kier alpha value is -1.68. The molecular formula is C13H16N2O2. The number of aryl methyl sites for hydroxylation is 1. The normalized spacial score (nSPS) is 22.1. The number of anilines is 1. The first-order valence-corrected chi connectivity index (χ1v) is 5.64. The van der Waals surface area contributed by atoms with Gasteiger partial charge < -0.3 is 11.1 Å². The molecule has 0 aliphatic heterocycles. The summed E-state index contributed by atoms with van der Waals surface area (Å²) in [5, 5.41) is 2.71. The van der Waals surface area contributed by atoms with Gasteiger partial charge in [0.25, 0.3) is 0 Å². The number of ketones is 1. The fourth-order valence-electron chi connectivity index (χ4n) is 2.32. The molecule has 90 valence electrons. The molecule has 1 aliphatic carbocycles. The highest BCUT2D eigenvalue weighted by Gasteiger charge is 2.39. The first-order valence-electron chi connectivity index (χ1n) is 5.64. The summed E-state index contributed by atoms with van der Waals surface area (Å²) in [5.41, 5.74) is 7.89. The molecule has 1 aromatic carbocycles. The Labute approximate surface area is 100 Å². The number of hydrogen-bond acceptors (Lipinski definition) is 3. The number of fused-ring (bicyclic) bond motifs is 1. The molecule has 1 aliphatic rings. The summed E-state index contributed by atoms with van der Waals surface area (Å²) >= 11 is 0. The van der Waals surface area contributed by atoms with Gasteiger partial charge in [-0.1, -0.05) is 6.07 Å². The van der Waals surface area contributed by atoms with E-state index in [0.717, 1.165) is 17.5 Å². The van der Waals surface area contributed by atoms with E-state index < -0.39 is 5.54 Å². The van der Waals surface area contributed by atoms with E-state index in [1.807, 2.05) is 18.2 Å². The van der Waals surface area contributed by atoms with Gasteiger partial charge in [0, 0.05) is 12.6 Å². The number of carbonyl (C=O) groups is 2. The number of benzene rings is 1. The van der Waals surface area contributed by atoms with Crippen LogP contribution in [0.4, 0.5) is 5.69 Å². The van der Waals surface area contributed by atoms with Gasteiger partial charge in [0.05, 0.1) is 0 Å². The Morgan fingerprint density at radius 1 is 1.35 bits per heavy atom. The van der Waals surface area contributed by atoms with Crippen LogP contribution < -0.4 is 11.1 Å². The fourth-order valence-corrected chi connectivity index (χ4v) is 2.32. The summed E-state index contributed by atoms with van der Waals surface area (Å²) in [7, 11) is 0. The number of nitrogens with one attached hydrogen (secondary N) is 1. The minimum atomic E-state index is -0.885. The summed E-state index contributed by atoms with van der Waals surface area (Å²) in [6, 6.07) is 5.58. The van der Waals surface area contributed by atoms with E-state index in [9.17, 15) is 9.59 Å². The van der Waals surface area contributed by atoms with Crippen LogP contribution in [-0.2, 0) is 21.5 Å². The van der Waals surface area contributed by atoms with Crippen LogP contribution >= 0.6 is 0 Å². The molecule has 0 saturated carbocycles. The van der Waals surface area contributed by atoms with Crippen LogP contribution in [0.3, 0.4) is 0 Å². The molecular weight excluding hydrogens is 216 g/mol. The fraction of sp³-hybridized carbons (Fsp3) is 0.385. The summed E-state index contributed by atoms with van der Waals surface area (Å²) in [6.07, 6.45) is 1.45. The van der Waals surface area contributed by atoms with Crippen molar-refractivity contribution in [1.29, 1.82) is 0 Å². The first-order chi connectivity index (χ1) is 7.93. The maximum Gasteiger partial charge on any atom is 0.221 e. The Morgan fingerprint density at radius 2 is 2.06 bits per heavy atom. The van der Waals surface area contributed by atoms with E-state index in [1.165, 1.54) is 13.8 Å². The quantitative estimate of drug-likeness (QED) is 0.808. The van der Waals surface area contributed by atoms with E-state index in [2.05, 4.69) is 5.32 Å². The minimum Gasteiger partial charge on any atom is -0.326 e. The number of hydrogen-bond donors (Lipinski definition) is 2. The van der Waals surface area contributed by atoms with Crippen molar-refractivity contribution in [3.05, 3.63) is 29.3 Å². The second kappa shape index (κ2) is 3.96. The van der Waals surface area contributed by atoms with Crippen LogP contribution in [0.25, 0.3) is 0 Å². The van der Waals surface area contributed by atoms with Gasteiger partial charge in [0.1, 0.15) is 5.54 Å². The minimum absolute atomic E-state index is 0.0313. The SMILES string of the molecule is CC(=O)Nc1ccc2c(c1)C(N)(C(C)=O)CC2. The van der Waals surface area contributed by atoms with Crippen LogP contribution in [0.5, 0.6) is 0 Å². The maximum absolute atomic E-state index is 11.7. The van der Waals surface area contributed by atoms with E-state index in [4.69, 9.17) is 5.73 Å². The van der Waals surface area contributed by atoms with Crippen LogP contribution in [0.15, 0.2) is 18.2 Å². The molecule has 1 unspecified atom stereocenters. The van der Waals surface area contributed by atoms with Crippen molar-refractivity contribution in [3.63, 3.8) is 0 Å². The lowest BCUT2D eigenvalue weighted by molar-refractivity contribution is -0.122. The van der Waals surface area contributed by atoms with Gasteiger partial charge in [-0.15, -0.1) is 0 Å². The zero-order valence-corrected chi connectivity index (χ0v) is 10.0. The molecule has 0 fully saturated rings. The summed E-state index contributed by atoms with van der Waals surface area (Å²) < 4.78 is 0. The molecule has 1 amide bonds. The molecule has 0 aromatic heterocycles. The number of rotatable bonds is 2. The molecule has 0 spiro atoms. The average molecular weight is 232 g/mol. The zero-order chi connectivity index (χ0) is 12.6. The Bertz CT molecular complexity index is 496. The largest absolute Gasteiger partial charge is 0.326 e. The molecule has 17 heavy (non-hydrogen) atoms. The maximum atomic E-state index is 11.7. The molecule has 0 bridgehead atoms. The van der Waals surface area contributed by atoms with Crippen LogP contribution in [0, 0.1) is 0 Å². The summed E-state index contributed by atoms with van der Waals surface area (Å²) in [6.45, 7) is 2.97. The van der Waals surface area contributed by atoms with Gasteiger partial charge in [-0.3, -0.25) is 9.59 Å². The zero-order valence-electron chi connectivity index (χ0n) is 10.0. The summed E-state index contributed by atoms with van der Waals surface area (Å²) in [5.74, 6) is -0.162. The van der Waals surface area contributed by atoms with E-state index >= 15 is 0 Å². The lowest BCUT2D eigenvalue weighted by atomic mass is 9.89. The average Bonchev–Trinajstić information content (AvgIpc) is 2.57. The van der Waals surface area contributed by atoms with E-state index in [0.29, 0.717) is 12.1 Å². The number of Topliss-reactive ketones (excluding diaryl/α,β-unsaturated/α-hetero) is 1. The summed E-state index contributed by atoms with van der Waals surface area (Å²) in [4.78, 5) is 22.7. The molecule has 1 atom stereocenters. The third-order valence-electron chi connectivity index (χ3n) is 3.33. The van der Waals surface area contributed by atoms with Crippen LogP contribution in [0.1, 0.15) is 31.4 Å². The van der Waals surface area contributed by atoms with Crippen molar-refractivity contribution >= 4 is 17.4 Å². The van der Waals surface area contributed by atoms with Crippen molar-refractivity contribution in [2.45, 2.75) is 32.2 Å². The standard InChI is InChI=1S/C13H16N2O2/c1-8(16)13(14)6-5-10-3-4-11(7-12(10)13)15-9(2)17/h3-4,7H,5-6,14H2,1-2H3,(H,15,17). The van der Waals surface area contributed by atoms with Crippen molar-refractivity contribution in [2.24, 2.45) is 5.73 Å². The predicted octanol–water partition coefficient (Wildman–Crippen LogP) is 1.33. The lowest BCUT2D eigenvalue weighted by Crippen LogP contribution is -2.41. The number of amides is 1. The highest BCUT2D eigenvalue weighted by Crippen LogP contribution is 2.37. The monoisotopic (exact) mass is 232 g/mol. The second-order valence-electron chi connectivity index (χ2n) is 4.58. The molecule has 2 rings (SSSR count). The highest BCUT2D eigenvalue weighted by molar-refractivity contribution is 5.91. The van der Waals surface area contributed by atoms with Crippen LogP contribution in [0.2, 0.25) is 0 Å². The Kier molecular flexibility index (Phi) is 2.75. The topological polar surface area (TPSA) is 72.2 Å². The van der Waals surface area contributed by atoms with E-state index in [1.54, 1.807) is 0 Å². The highest BCUT2D eigenvalue weighted by atomic mass is 16.1. The van der Waals surface area contributed by atoms with Gasteiger partial charge in [-0.05, 0) is 43.0 Å². The number of nitrogens with two attached hydrogens (primary N) is 1. The molecule has 4 heteroatoms. The van der Waals surface area contributed by atoms with Crippen molar-refractivity contribution in [1.82, 2.24) is 0 Å². The molecule has 0 saturated heterocycles. The third kappa shape index (κ3) is 1.96. The molecule has 3 N–H and O–H groups in total. The van der Waals surface area contributed by atoms with Gasteiger partial charge in [-0.25, -0.2) is 0 Å². The smallest absolute Gasteiger partial charge is 0.221 e. The number of carbonyl (C=O) groups excluding carboxylic acids is 2. The van der Waals surface area contributed by atoms with Gasteiger partial charge >= 0.3 is 0 Å². The Morgan fingerprint density at radius 3 is 2.65 bits per heavy atom. The molecule has 1 aromatic rings. The Balaban J connectivity index is 2.44. The van der Waals surface area contributed by atoms with Gasteiger partial charge in [0.2, 0.25) is 5.91 Å². The van der Waals surface area contributed by atoms with E-state index in [-0.39, 0.29) is 11.7 Å². The van der Waals surface area contributed by atoms with Crippen molar-refractivity contribution in [2.75, 3.05) is 5.32 Å². The van der Waals surface area contributed by atoms with Crippen molar-refractivity contribution in [3.8, 4) is 0 Å². The second-order valence-corrected chi connectivity index (χ2v) is 4.58. The van der Waals surface area contributed by atoms with Gasteiger partial charge in [-0.2, -0.15) is 0 Å². The molecule has 0 radical (unpaired) electrons. The predicted molar refractivity (Wildman–Crippen MR) is 65.6 cm³/mol. The first kappa shape index (κ1) is 11.8. The molecule has 0 heterocycles.